The van der Waals surface area contributed by atoms with Gasteiger partial charge in [-0.25, -0.2) is 4.39 Å². The molecule has 1 saturated heterocycles. The summed E-state index contributed by atoms with van der Waals surface area (Å²) in [7, 11) is 0. The van der Waals surface area contributed by atoms with Gasteiger partial charge in [-0.15, -0.1) is 0 Å². The van der Waals surface area contributed by atoms with Gasteiger partial charge in [-0.1, -0.05) is 37.3 Å². The lowest BCUT2D eigenvalue weighted by Crippen LogP contribution is -2.38. The Bertz CT molecular complexity index is 1090. The lowest BCUT2D eigenvalue weighted by molar-refractivity contribution is -0.138. The predicted octanol–water partition coefficient (Wildman–Crippen LogP) is 3.80. The number of likely N-dealkylation sites (tertiary alicyclic amines) is 1. The molecule has 4 rings (SSSR count). The monoisotopic (exact) mass is 435 g/mol. The molecule has 0 atom stereocenters. The van der Waals surface area contributed by atoms with Crippen LogP contribution in [0.4, 0.5) is 10.1 Å². The van der Waals surface area contributed by atoms with Crippen LogP contribution in [0.1, 0.15) is 37.8 Å². The van der Waals surface area contributed by atoms with Crippen LogP contribution in [0.3, 0.4) is 0 Å². The lowest BCUT2D eigenvalue weighted by atomic mass is 9.97. The van der Waals surface area contributed by atoms with Crippen LogP contribution in [0.25, 0.3) is 5.57 Å². The zero-order valence-corrected chi connectivity index (χ0v) is 18.2. The molecule has 1 N–H and O–H groups in total. The third-order valence-electron chi connectivity index (χ3n) is 6.02. The van der Waals surface area contributed by atoms with E-state index >= 15 is 0 Å². The summed E-state index contributed by atoms with van der Waals surface area (Å²) in [6.07, 6.45) is 1.88. The predicted molar refractivity (Wildman–Crippen MR) is 120 cm³/mol. The normalized spacial score (nSPS) is 17.3. The molecule has 0 saturated carbocycles. The summed E-state index contributed by atoms with van der Waals surface area (Å²) in [4.78, 5) is 41.3. The molecule has 7 heteroatoms. The molecule has 3 amide bonds. The van der Waals surface area contributed by atoms with Crippen molar-refractivity contribution in [2.75, 3.05) is 18.4 Å². The zero-order chi connectivity index (χ0) is 22.8. The molecule has 0 unspecified atom stereocenters. The number of piperidine rings is 1. The van der Waals surface area contributed by atoms with Crippen LogP contribution >= 0.6 is 0 Å². The summed E-state index contributed by atoms with van der Waals surface area (Å²) in [5, 5.41) is 2.70. The Kier molecular flexibility index (Phi) is 6.08. The van der Waals surface area contributed by atoms with E-state index in [9.17, 15) is 18.8 Å². The molecule has 32 heavy (non-hydrogen) atoms. The molecule has 2 heterocycles. The number of hydrogen-bond donors (Lipinski definition) is 1. The molecule has 2 aromatic rings. The van der Waals surface area contributed by atoms with Gasteiger partial charge in [0.25, 0.3) is 11.8 Å². The number of nitrogens with one attached hydrogen (secondary N) is 1. The number of carbonyl (C=O) groups excluding carboxylic acids is 3. The third kappa shape index (κ3) is 4.28. The van der Waals surface area contributed by atoms with E-state index in [1.165, 1.54) is 13.0 Å². The van der Waals surface area contributed by atoms with Crippen molar-refractivity contribution in [1.29, 1.82) is 0 Å². The Morgan fingerprint density at radius 2 is 1.69 bits per heavy atom. The average molecular weight is 435 g/mol. The Morgan fingerprint density at radius 3 is 2.31 bits per heavy atom. The second kappa shape index (κ2) is 8.94. The highest BCUT2D eigenvalue weighted by atomic mass is 19.1. The number of nitrogens with zero attached hydrogens (tertiary/aromatic N) is 2. The van der Waals surface area contributed by atoms with Gasteiger partial charge >= 0.3 is 0 Å². The van der Waals surface area contributed by atoms with Crippen LogP contribution in [-0.2, 0) is 20.9 Å². The highest BCUT2D eigenvalue weighted by Gasteiger charge is 2.42. The van der Waals surface area contributed by atoms with E-state index in [1.54, 1.807) is 42.5 Å². The van der Waals surface area contributed by atoms with Crippen LogP contribution in [0.2, 0.25) is 0 Å². The maximum absolute atomic E-state index is 14.3. The minimum atomic E-state index is -0.449. The van der Waals surface area contributed by atoms with Crippen LogP contribution < -0.4 is 5.32 Å². The number of anilines is 1. The highest BCUT2D eigenvalue weighted by molar-refractivity contribution is 6.35. The van der Waals surface area contributed by atoms with E-state index in [2.05, 4.69) is 12.2 Å². The molecule has 0 bridgehead atoms. The highest BCUT2D eigenvalue weighted by Crippen LogP contribution is 2.35. The summed E-state index contributed by atoms with van der Waals surface area (Å²) in [6, 6.07) is 13.0. The van der Waals surface area contributed by atoms with E-state index in [0.29, 0.717) is 47.1 Å². The van der Waals surface area contributed by atoms with Crippen molar-refractivity contribution < 1.29 is 18.8 Å². The van der Waals surface area contributed by atoms with Gasteiger partial charge in [0, 0.05) is 31.3 Å². The summed E-state index contributed by atoms with van der Waals surface area (Å²) in [5.74, 6) is -0.903. The molecule has 6 nitrogen and oxygen atoms in total. The van der Waals surface area contributed by atoms with Gasteiger partial charge in [0.15, 0.2) is 0 Å². The second-order valence-corrected chi connectivity index (χ2v) is 8.44. The maximum atomic E-state index is 14.3. The number of amides is 3. The topological polar surface area (TPSA) is 69.7 Å². The van der Waals surface area contributed by atoms with Gasteiger partial charge in [0.2, 0.25) is 5.91 Å². The van der Waals surface area contributed by atoms with Crippen molar-refractivity contribution in [3.8, 4) is 0 Å². The van der Waals surface area contributed by atoms with Crippen molar-refractivity contribution in [2.24, 2.45) is 5.92 Å². The van der Waals surface area contributed by atoms with E-state index in [0.717, 1.165) is 17.7 Å². The number of hydrogen-bond acceptors (Lipinski definition) is 4. The fourth-order valence-corrected chi connectivity index (χ4v) is 4.21. The molecule has 0 aliphatic carbocycles. The Morgan fingerprint density at radius 1 is 1.03 bits per heavy atom. The minimum Gasteiger partial charge on any atom is -0.366 e. The summed E-state index contributed by atoms with van der Waals surface area (Å²) < 4.78 is 14.3. The van der Waals surface area contributed by atoms with Crippen molar-refractivity contribution in [2.45, 2.75) is 33.2 Å². The molecular weight excluding hydrogens is 409 g/mol. The summed E-state index contributed by atoms with van der Waals surface area (Å²) in [5.41, 5.74) is 2.21. The fourth-order valence-electron chi connectivity index (χ4n) is 4.21. The third-order valence-corrected chi connectivity index (χ3v) is 6.02. The van der Waals surface area contributed by atoms with E-state index in [-0.39, 0.29) is 12.5 Å². The fraction of sp³-hybridized carbons (Fsp3) is 0.320. The quantitative estimate of drug-likeness (QED) is 0.726. The zero-order valence-electron chi connectivity index (χ0n) is 18.2. The molecule has 0 spiro atoms. The van der Waals surface area contributed by atoms with Gasteiger partial charge in [-0.05, 0) is 42.5 Å². The largest absolute Gasteiger partial charge is 0.366 e. The molecule has 166 valence electrons. The Hall–Kier alpha value is -3.48. The molecule has 0 aromatic heterocycles. The second-order valence-electron chi connectivity index (χ2n) is 8.44. The van der Waals surface area contributed by atoms with Crippen LogP contribution in [0.15, 0.2) is 54.2 Å². The molecule has 2 aliphatic heterocycles. The van der Waals surface area contributed by atoms with Gasteiger partial charge < -0.3 is 10.2 Å². The number of rotatable bonds is 5. The first kappa shape index (κ1) is 21.7. The van der Waals surface area contributed by atoms with Crippen LogP contribution in [-0.4, -0.2) is 40.6 Å². The van der Waals surface area contributed by atoms with Crippen molar-refractivity contribution in [3.63, 3.8) is 0 Å². The first-order valence-electron chi connectivity index (χ1n) is 10.8. The SMILES string of the molecule is CC(=O)Nc1ccc(C2=C(N3CCC(C)CC3)C(=O)N(Cc3ccccc3F)C2=O)cc1. The number of carbonyl (C=O) groups is 3. The standard InChI is InChI=1S/C25H26FN3O3/c1-16-11-13-28(14-12-16)23-22(18-7-9-20(10-8-18)27-17(2)30)24(31)29(25(23)32)15-19-5-3-4-6-21(19)26/h3-10,16H,11-15H2,1-2H3,(H,27,30). The number of halogens is 1. The van der Waals surface area contributed by atoms with E-state index in [1.807, 2.05) is 4.90 Å². The van der Waals surface area contributed by atoms with E-state index in [4.69, 9.17) is 0 Å². The van der Waals surface area contributed by atoms with Crippen LogP contribution in [0, 0.1) is 11.7 Å². The Balaban J connectivity index is 1.71. The molecule has 2 aliphatic rings. The maximum Gasteiger partial charge on any atom is 0.278 e. The molecule has 2 aromatic carbocycles. The first-order chi connectivity index (χ1) is 15.3. The molecular formula is C25H26FN3O3. The molecule has 0 radical (unpaired) electrons. The lowest BCUT2D eigenvalue weighted by Gasteiger charge is -2.32. The van der Waals surface area contributed by atoms with Gasteiger partial charge in [-0.2, -0.15) is 0 Å². The van der Waals surface area contributed by atoms with Crippen molar-refractivity contribution >= 4 is 29.0 Å². The van der Waals surface area contributed by atoms with E-state index < -0.39 is 17.6 Å². The summed E-state index contributed by atoms with van der Waals surface area (Å²) >= 11 is 0. The van der Waals surface area contributed by atoms with Gasteiger partial charge in [0.05, 0.1) is 12.1 Å². The first-order valence-corrected chi connectivity index (χ1v) is 10.8. The number of imide groups is 1. The van der Waals surface area contributed by atoms with Crippen molar-refractivity contribution in [3.05, 3.63) is 71.2 Å². The average Bonchev–Trinajstić information content (AvgIpc) is 3.01. The van der Waals surface area contributed by atoms with Crippen LogP contribution in [0.5, 0.6) is 0 Å². The Labute approximate surface area is 186 Å². The summed E-state index contributed by atoms with van der Waals surface area (Å²) in [6.45, 7) is 4.86. The molecule has 1 fully saturated rings. The minimum absolute atomic E-state index is 0.119. The van der Waals surface area contributed by atoms with Gasteiger partial charge in [-0.3, -0.25) is 19.3 Å². The number of benzene rings is 2. The van der Waals surface area contributed by atoms with Gasteiger partial charge in [0.1, 0.15) is 11.5 Å². The smallest absolute Gasteiger partial charge is 0.278 e. The van der Waals surface area contributed by atoms with Crippen molar-refractivity contribution in [1.82, 2.24) is 9.80 Å².